The quantitative estimate of drug-likeness (QED) is 0.571. The molecule has 1 amide bonds. The molecule has 2 rings (SSSR count). The maximum absolute atomic E-state index is 11.9. The van der Waals surface area contributed by atoms with Crippen LogP contribution in [0.1, 0.15) is 18.5 Å². The highest BCUT2D eigenvalue weighted by molar-refractivity contribution is 7.99. The fraction of sp³-hybridized carbons (Fsp3) is 0.214. The number of H-pyrrole nitrogens is 1. The van der Waals surface area contributed by atoms with Gasteiger partial charge in [-0.2, -0.15) is 0 Å². The fourth-order valence-electron chi connectivity index (χ4n) is 1.76. The molecule has 0 aliphatic rings. The first kappa shape index (κ1) is 15.1. The van der Waals surface area contributed by atoms with Crippen molar-refractivity contribution in [3.8, 4) is 0 Å². The molecule has 0 spiro atoms. The zero-order valence-corrected chi connectivity index (χ0v) is 12.3. The van der Waals surface area contributed by atoms with E-state index in [0.29, 0.717) is 5.16 Å². The van der Waals surface area contributed by atoms with Crippen molar-refractivity contribution in [3.63, 3.8) is 0 Å². The Morgan fingerprint density at radius 1 is 1.43 bits per heavy atom. The lowest BCUT2D eigenvalue weighted by Gasteiger charge is -2.13. The van der Waals surface area contributed by atoms with E-state index in [1.54, 1.807) is 0 Å². The number of nitrogen functional groups attached to an aromatic ring is 1. The molecule has 0 aliphatic heterocycles. The Balaban J connectivity index is 1.89. The molecule has 1 atom stereocenters. The molecule has 0 bridgehead atoms. The van der Waals surface area contributed by atoms with Crippen molar-refractivity contribution < 1.29 is 4.79 Å². The minimum atomic E-state index is -0.330. The molecule has 6 nitrogen and oxygen atoms in total. The number of aromatic amines is 1. The van der Waals surface area contributed by atoms with Gasteiger partial charge in [0.15, 0.2) is 5.16 Å². The number of rotatable bonds is 5. The summed E-state index contributed by atoms with van der Waals surface area (Å²) >= 11 is 1.14. The van der Waals surface area contributed by atoms with E-state index < -0.39 is 0 Å². The van der Waals surface area contributed by atoms with Gasteiger partial charge in [0.1, 0.15) is 5.82 Å². The van der Waals surface area contributed by atoms with Crippen LogP contribution in [0.4, 0.5) is 5.82 Å². The lowest BCUT2D eigenvalue weighted by Crippen LogP contribution is -2.28. The molecule has 1 aromatic carbocycles. The summed E-state index contributed by atoms with van der Waals surface area (Å²) in [6.45, 7) is 1.92. The van der Waals surface area contributed by atoms with Crippen molar-refractivity contribution in [2.24, 2.45) is 0 Å². The Labute approximate surface area is 126 Å². The Kier molecular flexibility index (Phi) is 4.99. The number of hydrogen-bond acceptors (Lipinski definition) is 5. The van der Waals surface area contributed by atoms with Gasteiger partial charge in [0, 0.05) is 6.07 Å². The molecule has 7 heteroatoms. The van der Waals surface area contributed by atoms with E-state index in [2.05, 4.69) is 15.3 Å². The number of thioether (sulfide) groups is 1. The molecule has 1 heterocycles. The Bertz CT molecular complexity index is 672. The summed E-state index contributed by atoms with van der Waals surface area (Å²) in [7, 11) is 0. The number of carbonyl (C=O) groups excluding carboxylic acids is 1. The van der Waals surface area contributed by atoms with E-state index >= 15 is 0 Å². The Morgan fingerprint density at radius 3 is 2.81 bits per heavy atom. The first-order chi connectivity index (χ1) is 10.0. The number of anilines is 1. The van der Waals surface area contributed by atoms with Crippen LogP contribution in [0, 0.1) is 0 Å². The lowest BCUT2D eigenvalue weighted by molar-refractivity contribution is -0.119. The number of aromatic nitrogens is 2. The van der Waals surface area contributed by atoms with Gasteiger partial charge in [-0.05, 0) is 12.5 Å². The molecular formula is C14H16N4O2S. The van der Waals surface area contributed by atoms with E-state index in [1.807, 2.05) is 37.3 Å². The lowest BCUT2D eigenvalue weighted by atomic mass is 10.1. The van der Waals surface area contributed by atoms with Crippen LogP contribution in [0.15, 0.2) is 46.3 Å². The van der Waals surface area contributed by atoms with Gasteiger partial charge in [-0.15, -0.1) is 0 Å². The van der Waals surface area contributed by atoms with Crippen molar-refractivity contribution in [2.75, 3.05) is 11.5 Å². The van der Waals surface area contributed by atoms with Crippen LogP contribution in [0.3, 0.4) is 0 Å². The molecule has 0 radical (unpaired) electrons. The summed E-state index contributed by atoms with van der Waals surface area (Å²) in [6, 6.07) is 10.8. The number of nitrogens with two attached hydrogens (primary N) is 1. The SMILES string of the molecule is C[C@@H](NC(=O)CSc1nc(N)cc(=O)[nH]1)c1ccccc1. The van der Waals surface area contributed by atoms with E-state index in [0.717, 1.165) is 17.3 Å². The zero-order valence-electron chi connectivity index (χ0n) is 11.5. The monoisotopic (exact) mass is 304 g/mol. The van der Waals surface area contributed by atoms with E-state index in [4.69, 9.17) is 5.73 Å². The van der Waals surface area contributed by atoms with Gasteiger partial charge < -0.3 is 16.0 Å². The Morgan fingerprint density at radius 2 is 2.14 bits per heavy atom. The minimum Gasteiger partial charge on any atom is -0.383 e. The largest absolute Gasteiger partial charge is 0.383 e. The maximum Gasteiger partial charge on any atom is 0.253 e. The number of amides is 1. The molecule has 0 saturated carbocycles. The summed E-state index contributed by atoms with van der Waals surface area (Å²) in [5, 5.41) is 3.22. The number of benzene rings is 1. The standard InChI is InChI=1S/C14H16N4O2S/c1-9(10-5-3-2-4-6-10)16-13(20)8-21-14-17-11(15)7-12(19)18-14/h2-7,9H,8H2,1H3,(H,16,20)(H3,15,17,18,19)/t9-/m1/s1. The van der Waals surface area contributed by atoms with Gasteiger partial charge in [-0.3, -0.25) is 9.59 Å². The highest BCUT2D eigenvalue weighted by atomic mass is 32.2. The van der Waals surface area contributed by atoms with Gasteiger partial charge >= 0.3 is 0 Å². The zero-order chi connectivity index (χ0) is 15.2. The highest BCUT2D eigenvalue weighted by Crippen LogP contribution is 2.14. The number of nitrogens with zero attached hydrogens (tertiary/aromatic N) is 1. The minimum absolute atomic E-state index is 0.0767. The van der Waals surface area contributed by atoms with E-state index in [-0.39, 0.29) is 29.1 Å². The summed E-state index contributed by atoms with van der Waals surface area (Å²) in [6.07, 6.45) is 0. The third-order valence-corrected chi connectivity index (χ3v) is 3.63. The van der Waals surface area contributed by atoms with Crippen molar-refractivity contribution in [1.29, 1.82) is 0 Å². The summed E-state index contributed by atoms with van der Waals surface area (Å²) in [5.74, 6) is 0.157. The average molecular weight is 304 g/mol. The molecule has 110 valence electrons. The van der Waals surface area contributed by atoms with Gasteiger partial charge in [-0.25, -0.2) is 4.98 Å². The van der Waals surface area contributed by atoms with Gasteiger partial charge in [0.05, 0.1) is 11.8 Å². The predicted molar refractivity (Wildman–Crippen MR) is 83.0 cm³/mol. The number of carbonyl (C=O) groups is 1. The molecule has 2 aromatic rings. The second kappa shape index (κ2) is 6.94. The van der Waals surface area contributed by atoms with Crippen LogP contribution in [-0.4, -0.2) is 21.6 Å². The number of nitrogens with one attached hydrogen (secondary N) is 2. The summed E-state index contributed by atoms with van der Waals surface area (Å²) in [5.41, 5.74) is 6.18. The second-order valence-corrected chi connectivity index (χ2v) is 5.43. The Hall–Kier alpha value is -2.28. The van der Waals surface area contributed by atoms with Crippen LogP contribution in [-0.2, 0) is 4.79 Å². The third-order valence-electron chi connectivity index (χ3n) is 2.76. The topological polar surface area (TPSA) is 101 Å². The van der Waals surface area contributed by atoms with Crippen molar-refractivity contribution in [1.82, 2.24) is 15.3 Å². The molecule has 0 fully saturated rings. The average Bonchev–Trinajstić information content (AvgIpc) is 2.45. The molecule has 1 aromatic heterocycles. The van der Waals surface area contributed by atoms with Crippen LogP contribution >= 0.6 is 11.8 Å². The first-order valence-electron chi connectivity index (χ1n) is 6.38. The van der Waals surface area contributed by atoms with Gasteiger partial charge in [-0.1, -0.05) is 42.1 Å². The summed E-state index contributed by atoms with van der Waals surface area (Å²) < 4.78 is 0. The second-order valence-electron chi connectivity index (χ2n) is 4.46. The maximum atomic E-state index is 11.9. The number of hydrogen-bond donors (Lipinski definition) is 3. The third kappa shape index (κ3) is 4.64. The molecule has 0 saturated heterocycles. The van der Waals surface area contributed by atoms with Crippen molar-refractivity contribution in [2.45, 2.75) is 18.1 Å². The van der Waals surface area contributed by atoms with E-state index in [1.165, 1.54) is 6.07 Å². The molecule has 0 unspecified atom stereocenters. The van der Waals surface area contributed by atoms with Crippen LogP contribution in [0.25, 0.3) is 0 Å². The smallest absolute Gasteiger partial charge is 0.253 e. The highest BCUT2D eigenvalue weighted by Gasteiger charge is 2.10. The molecule has 4 N–H and O–H groups in total. The molecule has 21 heavy (non-hydrogen) atoms. The summed E-state index contributed by atoms with van der Waals surface area (Å²) in [4.78, 5) is 29.6. The predicted octanol–water partition coefficient (Wildman–Crippen LogP) is 1.32. The van der Waals surface area contributed by atoms with Gasteiger partial charge in [0.25, 0.3) is 5.56 Å². The van der Waals surface area contributed by atoms with Crippen LogP contribution < -0.4 is 16.6 Å². The van der Waals surface area contributed by atoms with Crippen LogP contribution in [0.2, 0.25) is 0 Å². The molecular weight excluding hydrogens is 288 g/mol. The molecule has 0 aliphatic carbocycles. The van der Waals surface area contributed by atoms with Crippen LogP contribution in [0.5, 0.6) is 0 Å². The van der Waals surface area contributed by atoms with Crippen molar-refractivity contribution >= 4 is 23.5 Å². The van der Waals surface area contributed by atoms with Gasteiger partial charge in [0.2, 0.25) is 5.91 Å². The van der Waals surface area contributed by atoms with E-state index in [9.17, 15) is 9.59 Å². The normalized spacial score (nSPS) is 11.9. The first-order valence-corrected chi connectivity index (χ1v) is 7.37. The fourth-order valence-corrected chi connectivity index (χ4v) is 2.46. The van der Waals surface area contributed by atoms with Crippen molar-refractivity contribution in [3.05, 3.63) is 52.3 Å².